The maximum Gasteiger partial charge on any atom is 0.268 e. The zero-order valence-electron chi connectivity index (χ0n) is 17.7. The Kier molecular flexibility index (Phi) is 5.99. The number of hydrogen-bond acceptors (Lipinski definition) is 5. The van der Waals surface area contributed by atoms with Crippen LogP contribution in [0, 0.1) is 6.92 Å². The van der Waals surface area contributed by atoms with E-state index in [1.807, 2.05) is 36.6 Å². The van der Waals surface area contributed by atoms with Crippen LogP contribution < -0.4 is 5.32 Å². The SMILES string of the molecule is CC1=C(c2ccc(C)cc2)S(=O)(=O)N(Cc2ccc(C(=O)NCc3cccs3)cc2)C1=O. The molecule has 1 aliphatic rings. The Morgan fingerprint density at radius 3 is 2.31 bits per heavy atom. The largest absolute Gasteiger partial charge is 0.347 e. The number of nitrogens with zero attached hydrogens (tertiary/aromatic N) is 1. The first-order valence-corrected chi connectivity index (χ1v) is 12.3. The van der Waals surface area contributed by atoms with Crippen molar-refractivity contribution in [3.8, 4) is 0 Å². The number of carbonyl (C=O) groups excluding carboxylic acids is 2. The molecule has 0 saturated carbocycles. The lowest BCUT2D eigenvalue weighted by molar-refractivity contribution is -0.122. The predicted molar refractivity (Wildman–Crippen MR) is 125 cm³/mol. The van der Waals surface area contributed by atoms with Crippen LogP contribution in [0.4, 0.5) is 0 Å². The Balaban J connectivity index is 1.49. The number of carbonyl (C=O) groups is 2. The fourth-order valence-corrected chi connectivity index (χ4v) is 5.98. The second-order valence-electron chi connectivity index (χ2n) is 7.60. The number of amides is 2. The maximum atomic E-state index is 13.2. The van der Waals surface area contributed by atoms with Gasteiger partial charge in [0, 0.05) is 16.0 Å². The third-order valence-corrected chi connectivity index (χ3v) is 8.10. The molecule has 1 aromatic heterocycles. The molecular formula is C24H22N2O4S2. The number of rotatable bonds is 6. The molecule has 1 N–H and O–H groups in total. The molecule has 4 rings (SSSR count). The lowest BCUT2D eigenvalue weighted by Crippen LogP contribution is -2.31. The van der Waals surface area contributed by atoms with E-state index in [0.717, 1.165) is 14.7 Å². The van der Waals surface area contributed by atoms with Crippen LogP contribution >= 0.6 is 11.3 Å². The number of benzene rings is 2. The molecule has 0 spiro atoms. The predicted octanol–water partition coefficient (Wildman–Crippen LogP) is 4.09. The first-order chi connectivity index (χ1) is 15.3. The summed E-state index contributed by atoms with van der Waals surface area (Å²) >= 11 is 1.57. The van der Waals surface area contributed by atoms with Crippen LogP contribution in [0.25, 0.3) is 4.91 Å². The van der Waals surface area contributed by atoms with E-state index >= 15 is 0 Å². The molecule has 6 nitrogen and oxygen atoms in total. The lowest BCUT2D eigenvalue weighted by Gasteiger charge is -2.17. The van der Waals surface area contributed by atoms with Crippen molar-refractivity contribution in [3.05, 3.63) is 98.7 Å². The van der Waals surface area contributed by atoms with E-state index in [0.29, 0.717) is 23.2 Å². The fraction of sp³-hybridized carbons (Fsp3) is 0.167. The molecule has 0 fully saturated rings. The van der Waals surface area contributed by atoms with Crippen molar-refractivity contribution in [2.75, 3.05) is 0 Å². The summed E-state index contributed by atoms with van der Waals surface area (Å²) in [6.45, 7) is 3.81. The molecule has 164 valence electrons. The van der Waals surface area contributed by atoms with Crippen LogP contribution in [0.3, 0.4) is 0 Å². The Morgan fingerprint density at radius 1 is 1.00 bits per heavy atom. The highest BCUT2D eigenvalue weighted by atomic mass is 32.2. The van der Waals surface area contributed by atoms with Crippen LogP contribution in [0.15, 0.2) is 71.6 Å². The molecular weight excluding hydrogens is 444 g/mol. The van der Waals surface area contributed by atoms with Crippen molar-refractivity contribution in [1.29, 1.82) is 0 Å². The number of thiophene rings is 1. The maximum absolute atomic E-state index is 13.2. The van der Waals surface area contributed by atoms with Gasteiger partial charge >= 0.3 is 0 Å². The zero-order chi connectivity index (χ0) is 22.9. The molecule has 3 aromatic rings. The summed E-state index contributed by atoms with van der Waals surface area (Å²) in [5, 5.41) is 4.80. The van der Waals surface area contributed by atoms with Crippen LogP contribution in [-0.4, -0.2) is 24.5 Å². The lowest BCUT2D eigenvalue weighted by atomic mass is 10.1. The van der Waals surface area contributed by atoms with Gasteiger partial charge in [-0.05, 0) is 48.6 Å². The Bertz CT molecular complexity index is 1290. The molecule has 0 saturated heterocycles. The summed E-state index contributed by atoms with van der Waals surface area (Å²) in [4.78, 5) is 26.2. The quantitative estimate of drug-likeness (QED) is 0.593. The van der Waals surface area contributed by atoms with Crippen molar-refractivity contribution < 1.29 is 18.0 Å². The van der Waals surface area contributed by atoms with E-state index in [1.54, 1.807) is 47.7 Å². The number of hydrogen-bond donors (Lipinski definition) is 1. The van der Waals surface area contributed by atoms with Gasteiger partial charge in [0.2, 0.25) is 0 Å². The highest BCUT2D eigenvalue weighted by Crippen LogP contribution is 2.36. The van der Waals surface area contributed by atoms with Gasteiger partial charge in [-0.1, -0.05) is 48.0 Å². The van der Waals surface area contributed by atoms with Gasteiger partial charge in [0.15, 0.2) is 0 Å². The van der Waals surface area contributed by atoms with E-state index in [2.05, 4.69) is 5.32 Å². The summed E-state index contributed by atoms with van der Waals surface area (Å²) in [6.07, 6.45) is 0. The second-order valence-corrected chi connectivity index (χ2v) is 10.4. The molecule has 0 aliphatic carbocycles. The molecule has 8 heteroatoms. The van der Waals surface area contributed by atoms with Gasteiger partial charge in [-0.15, -0.1) is 11.3 Å². The first-order valence-electron chi connectivity index (χ1n) is 10.0. The van der Waals surface area contributed by atoms with E-state index in [4.69, 9.17) is 0 Å². The molecule has 1 aliphatic heterocycles. The van der Waals surface area contributed by atoms with Crippen molar-refractivity contribution in [2.45, 2.75) is 26.9 Å². The van der Waals surface area contributed by atoms with Gasteiger partial charge in [-0.2, -0.15) is 0 Å². The Morgan fingerprint density at radius 2 is 1.69 bits per heavy atom. The highest BCUT2D eigenvalue weighted by molar-refractivity contribution is 7.99. The second kappa shape index (κ2) is 8.72. The minimum Gasteiger partial charge on any atom is -0.347 e. The monoisotopic (exact) mass is 466 g/mol. The Hall–Kier alpha value is -3.23. The van der Waals surface area contributed by atoms with Crippen LogP contribution in [0.5, 0.6) is 0 Å². The fourth-order valence-electron chi connectivity index (χ4n) is 3.53. The summed E-state index contributed by atoms with van der Waals surface area (Å²) in [5.41, 5.74) is 2.80. The van der Waals surface area contributed by atoms with E-state index < -0.39 is 15.9 Å². The van der Waals surface area contributed by atoms with Gasteiger partial charge in [0.1, 0.15) is 4.91 Å². The topological polar surface area (TPSA) is 83.6 Å². The standard InChI is InChI=1S/C24H22N2O4S2/c1-16-5-9-19(10-6-16)22-17(2)24(28)26(32(22,29)30)15-18-7-11-20(12-8-18)23(27)25-14-21-4-3-13-31-21/h3-13H,14-15H2,1-2H3,(H,25,27). The van der Waals surface area contributed by atoms with Gasteiger partial charge in [0.25, 0.3) is 21.8 Å². The third-order valence-electron chi connectivity index (χ3n) is 5.30. The van der Waals surface area contributed by atoms with Crippen molar-refractivity contribution in [3.63, 3.8) is 0 Å². The smallest absolute Gasteiger partial charge is 0.268 e. The molecule has 2 aromatic carbocycles. The normalized spacial score (nSPS) is 15.3. The summed E-state index contributed by atoms with van der Waals surface area (Å²) < 4.78 is 27.2. The number of aryl methyl sites for hydroxylation is 1. The summed E-state index contributed by atoms with van der Waals surface area (Å²) in [6, 6.07) is 17.5. The molecule has 0 bridgehead atoms. The number of nitrogens with one attached hydrogen (secondary N) is 1. The van der Waals surface area contributed by atoms with Crippen molar-refractivity contribution in [1.82, 2.24) is 9.62 Å². The van der Waals surface area contributed by atoms with Crippen LogP contribution in [0.1, 0.15) is 38.8 Å². The molecule has 0 atom stereocenters. The first kappa shape index (κ1) is 22.0. The van der Waals surface area contributed by atoms with Crippen molar-refractivity contribution in [2.24, 2.45) is 0 Å². The Labute approximate surface area is 191 Å². The molecule has 0 radical (unpaired) electrons. The average Bonchev–Trinajstić information content (AvgIpc) is 3.35. The van der Waals surface area contributed by atoms with E-state index in [9.17, 15) is 18.0 Å². The van der Waals surface area contributed by atoms with Gasteiger partial charge < -0.3 is 5.32 Å². The molecule has 2 amide bonds. The van der Waals surface area contributed by atoms with Gasteiger partial charge in [-0.25, -0.2) is 12.7 Å². The van der Waals surface area contributed by atoms with Gasteiger partial charge in [-0.3, -0.25) is 9.59 Å². The summed E-state index contributed by atoms with van der Waals surface area (Å²) in [7, 11) is -3.97. The van der Waals surface area contributed by atoms with E-state index in [1.165, 1.54) is 6.92 Å². The molecule has 0 unspecified atom stereocenters. The molecule has 32 heavy (non-hydrogen) atoms. The van der Waals surface area contributed by atoms with Gasteiger partial charge in [0.05, 0.1) is 13.1 Å². The summed E-state index contributed by atoms with van der Waals surface area (Å²) in [5.74, 6) is -0.743. The minimum atomic E-state index is -3.97. The third kappa shape index (κ3) is 4.24. The van der Waals surface area contributed by atoms with Crippen LogP contribution in [0.2, 0.25) is 0 Å². The van der Waals surface area contributed by atoms with E-state index in [-0.39, 0.29) is 22.9 Å². The highest BCUT2D eigenvalue weighted by Gasteiger charge is 2.42. The zero-order valence-corrected chi connectivity index (χ0v) is 19.3. The molecule has 2 heterocycles. The number of sulfonamides is 1. The minimum absolute atomic E-state index is 0.0482. The van der Waals surface area contributed by atoms with Crippen molar-refractivity contribution >= 4 is 38.1 Å². The average molecular weight is 467 g/mol. The van der Waals surface area contributed by atoms with Crippen LogP contribution in [-0.2, 0) is 27.9 Å².